The molecule has 0 bridgehead atoms. The predicted octanol–water partition coefficient (Wildman–Crippen LogP) is 6.94. The summed E-state index contributed by atoms with van der Waals surface area (Å²) in [6, 6.07) is 19.3. The van der Waals surface area contributed by atoms with Crippen LogP contribution in [0.4, 0.5) is 0 Å². The van der Waals surface area contributed by atoms with E-state index in [1.165, 1.54) is 12.0 Å². The van der Waals surface area contributed by atoms with Gasteiger partial charge in [0.05, 0.1) is 32.7 Å². The van der Waals surface area contributed by atoms with Gasteiger partial charge in [0.25, 0.3) is 5.91 Å². The quantitative estimate of drug-likeness (QED) is 0.205. The zero-order valence-corrected chi connectivity index (χ0v) is 29.3. The number of allylic oxidation sites excluding steroid dienone is 1. The fraction of sp³-hybridized carbons (Fsp3) is 0.351. The molecule has 0 saturated heterocycles. The first-order valence-corrected chi connectivity index (χ1v) is 19.3. The molecule has 1 unspecified atom stereocenters. The topological polar surface area (TPSA) is 97.7 Å². The van der Waals surface area contributed by atoms with Gasteiger partial charge in [-0.2, -0.15) is 0 Å². The predicted molar refractivity (Wildman–Crippen MR) is 193 cm³/mol. The average Bonchev–Trinajstić information content (AvgIpc) is 3.27. The van der Waals surface area contributed by atoms with Gasteiger partial charge < -0.3 is 9.30 Å². The lowest BCUT2D eigenvalue weighted by Crippen LogP contribution is -2.35. The minimum Gasteiger partial charge on any atom is -0.497 e. The smallest absolute Gasteiger partial charge is 0.264 e. The van der Waals surface area contributed by atoms with Crippen molar-refractivity contribution in [2.24, 2.45) is 0 Å². The summed E-state index contributed by atoms with van der Waals surface area (Å²) in [5.41, 5.74) is 7.27. The second-order valence-corrected chi connectivity index (χ2v) is 17.7. The second kappa shape index (κ2) is 12.6. The number of benzene rings is 3. The minimum absolute atomic E-state index is 0.274. The van der Waals surface area contributed by atoms with E-state index in [0.29, 0.717) is 17.4 Å². The largest absolute Gasteiger partial charge is 0.497 e. The van der Waals surface area contributed by atoms with Gasteiger partial charge in [0.15, 0.2) is 0 Å². The average molecular weight is 674 g/mol. The number of rotatable bonds is 8. The van der Waals surface area contributed by atoms with Crippen molar-refractivity contribution < 1.29 is 22.2 Å². The molecular weight excluding hydrogens is 631 g/mol. The number of ether oxygens (including phenoxy) is 1. The summed E-state index contributed by atoms with van der Waals surface area (Å²) in [4.78, 5) is 14.0. The maximum Gasteiger partial charge on any atom is 0.264 e. The highest BCUT2D eigenvalue weighted by molar-refractivity contribution is 7.98. The third kappa shape index (κ3) is 6.03. The fourth-order valence-corrected chi connectivity index (χ4v) is 8.70. The summed E-state index contributed by atoms with van der Waals surface area (Å²) < 4.78 is 51.1. The normalized spacial score (nSPS) is 16.7. The molecule has 1 aromatic heterocycles. The van der Waals surface area contributed by atoms with Crippen molar-refractivity contribution in [3.05, 3.63) is 82.9 Å². The first-order valence-electron chi connectivity index (χ1n) is 16.1. The number of amides is 1. The Labute approximate surface area is 278 Å². The van der Waals surface area contributed by atoms with E-state index < -0.39 is 30.9 Å². The minimum atomic E-state index is -3.82. The molecular formula is C37H43N3O5S2. The van der Waals surface area contributed by atoms with E-state index in [9.17, 15) is 17.4 Å². The van der Waals surface area contributed by atoms with Crippen LogP contribution in [-0.4, -0.2) is 59.7 Å². The molecule has 1 aliphatic carbocycles. The Kier molecular flexibility index (Phi) is 8.88. The Balaban J connectivity index is 1.64. The molecule has 47 heavy (non-hydrogen) atoms. The van der Waals surface area contributed by atoms with Gasteiger partial charge >= 0.3 is 0 Å². The van der Waals surface area contributed by atoms with Gasteiger partial charge in [0.2, 0.25) is 10.0 Å². The Bertz CT molecular complexity index is 2120. The van der Waals surface area contributed by atoms with Crippen LogP contribution >= 0.6 is 0 Å². The first kappa shape index (κ1) is 33.1. The molecule has 1 amide bonds. The Morgan fingerprint density at radius 3 is 2.38 bits per heavy atom. The number of aromatic nitrogens is 1. The maximum absolute atomic E-state index is 14.0. The number of hydrogen-bond acceptors (Lipinski definition) is 5. The molecule has 2 aliphatic rings. The van der Waals surface area contributed by atoms with Crippen molar-refractivity contribution >= 4 is 54.1 Å². The summed E-state index contributed by atoms with van der Waals surface area (Å²) in [6.45, 7) is 3.52. The fourth-order valence-electron chi connectivity index (χ4n) is 6.86. The molecule has 1 N–H and O–H groups in total. The Hall–Kier alpha value is -3.86. The van der Waals surface area contributed by atoms with Crippen molar-refractivity contribution in [1.82, 2.24) is 13.6 Å². The van der Waals surface area contributed by atoms with Crippen LogP contribution in [0.1, 0.15) is 78.9 Å². The molecule has 10 heteroatoms. The third-order valence-corrected chi connectivity index (χ3v) is 13.5. The first-order chi connectivity index (χ1) is 22.3. The molecule has 6 rings (SSSR count). The van der Waals surface area contributed by atoms with Crippen LogP contribution in [0.3, 0.4) is 0 Å². The van der Waals surface area contributed by atoms with Gasteiger partial charge in [0, 0.05) is 28.6 Å². The molecule has 0 radical (unpaired) electrons. The van der Waals surface area contributed by atoms with E-state index in [4.69, 9.17) is 4.74 Å². The van der Waals surface area contributed by atoms with Crippen molar-refractivity contribution in [1.29, 1.82) is 0 Å². The highest BCUT2D eigenvalue weighted by Crippen LogP contribution is 2.48. The van der Waals surface area contributed by atoms with E-state index in [2.05, 4.69) is 27.3 Å². The monoisotopic (exact) mass is 673 g/mol. The number of carbonyl (C=O) groups is 1. The van der Waals surface area contributed by atoms with Gasteiger partial charge in [-0.25, -0.2) is 21.7 Å². The van der Waals surface area contributed by atoms with Crippen molar-refractivity contribution in [2.75, 3.05) is 21.2 Å². The molecule has 1 aliphatic heterocycles. The molecule has 1 saturated carbocycles. The van der Waals surface area contributed by atoms with Gasteiger partial charge in [-0.3, -0.25) is 4.79 Å². The summed E-state index contributed by atoms with van der Waals surface area (Å²) in [7, 11) is -1.40. The van der Waals surface area contributed by atoms with Crippen LogP contribution in [0.15, 0.2) is 65.6 Å². The Morgan fingerprint density at radius 2 is 1.70 bits per heavy atom. The lowest BCUT2D eigenvalue weighted by molar-refractivity contribution is 0.0981. The molecule has 1 atom stereocenters. The van der Waals surface area contributed by atoms with Gasteiger partial charge in [-0.1, -0.05) is 43.5 Å². The van der Waals surface area contributed by atoms with Crippen LogP contribution in [0, 0.1) is 0 Å². The van der Waals surface area contributed by atoms with Gasteiger partial charge in [-0.15, -0.1) is 0 Å². The zero-order chi connectivity index (χ0) is 33.7. The highest BCUT2D eigenvalue weighted by Gasteiger charge is 2.31. The van der Waals surface area contributed by atoms with Crippen LogP contribution in [-0.2, 0) is 26.3 Å². The SMILES string of the molecule is C=S(=O)(c1ccccc1C1=Cc2cc(OC)ccc2-c2c(C3CCCCC3)c3ccc(C(=O)NS(=O)(=O)C(C)C)cc3n2C1)N(C)C. The van der Waals surface area contributed by atoms with Crippen molar-refractivity contribution in [2.45, 2.75) is 68.6 Å². The lowest BCUT2D eigenvalue weighted by atomic mass is 9.81. The number of carbonyl (C=O) groups excluding carboxylic acids is 1. The van der Waals surface area contributed by atoms with Crippen LogP contribution in [0.25, 0.3) is 33.8 Å². The van der Waals surface area contributed by atoms with Crippen LogP contribution in [0.5, 0.6) is 5.75 Å². The van der Waals surface area contributed by atoms with Crippen LogP contribution in [0.2, 0.25) is 0 Å². The number of nitrogens with one attached hydrogen (secondary N) is 1. The van der Waals surface area contributed by atoms with E-state index in [0.717, 1.165) is 70.3 Å². The summed E-state index contributed by atoms with van der Waals surface area (Å²) in [5.74, 6) is 4.54. The highest BCUT2D eigenvalue weighted by atomic mass is 32.2. The zero-order valence-electron chi connectivity index (χ0n) is 27.7. The Morgan fingerprint density at radius 1 is 0.979 bits per heavy atom. The number of hydrogen-bond donors (Lipinski definition) is 1. The number of sulfonamides is 1. The number of nitrogens with zero attached hydrogens (tertiary/aromatic N) is 2. The molecule has 1 fully saturated rings. The van der Waals surface area contributed by atoms with E-state index in [1.54, 1.807) is 45.4 Å². The molecule has 4 aromatic rings. The standard InChI is InChI=1S/C37H43N3O5S2/c1-24(2)47(43,44)38-37(41)26-16-18-32-33(22-26)40-23-28(30-14-10-11-15-34(30)46(6,42)39(3)4)20-27-21-29(45-5)17-19-31(27)36(40)35(32)25-12-8-7-9-13-25/h10-11,14-22,24-25H,6-9,12-13,23H2,1-5H3,(H,38,41). The van der Waals surface area contributed by atoms with Crippen LogP contribution < -0.4 is 9.46 Å². The molecule has 2 heterocycles. The summed E-state index contributed by atoms with van der Waals surface area (Å²) in [5, 5.41) is 0.310. The number of methoxy groups -OCH3 is 1. The van der Waals surface area contributed by atoms with Crippen molar-refractivity contribution in [3.63, 3.8) is 0 Å². The van der Waals surface area contributed by atoms with E-state index >= 15 is 0 Å². The summed E-state index contributed by atoms with van der Waals surface area (Å²) in [6.07, 6.45) is 7.81. The van der Waals surface area contributed by atoms with Gasteiger partial charge in [-0.05, 0) is 117 Å². The summed E-state index contributed by atoms with van der Waals surface area (Å²) >= 11 is 0. The molecule has 3 aromatic carbocycles. The molecule has 8 nitrogen and oxygen atoms in total. The molecule has 248 valence electrons. The lowest BCUT2D eigenvalue weighted by Gasteiger charge is -2.24. The second-order valence-electron chi connectivity index (χ2n) is 13.0. The molecule has 0 spiro atoms. The number of fused-ring (bicyclic) bond motifs is 5. The van der Waals surface area contributed by atoms with Crippen molar-refractivity contribution in [3.8, 4) is 17.0 Å². The van der Waals surface area contributed by atoms with Gasteiger partial charge in [0.1, 0.15) is 5.75 Å². The third-order valence-electron chi connectivity index (χ3n) is 9.57. The maximum atomic E-state index is 14.0. The van der Waals surface area contributed by atoms with E-state index in [-0.39, 0.29) is 5.56 Å². The van der Waals surface area contributed by atoms with E-state index in [1.807, 2.05) is 48.5 Å².